The zero-order valence-electron chi connectivity index (χ0n) is 9.26. The number of aromatic nitrogens is 2. The van der Waals surface area contributed by atoms with Gasteiger partial charge in [-0.25, -0.2) is 4.98 Å². The average molecular weight is 228 g/mol. The Morgan fingerprint density at radius 3 is 2.88 bits per heavy atom. The number of piperazine rings is 1. The highest BCUT2D eigenvalue weighted by molar-refractivity contribution is 5.95. The summed E-state index contributed by atoms with van der Waals surface area (Å²) >= 11 is 0. The van der Waals surface area contributed by atoms with Crippen LogP contribution in [0.25, 0.3) is 11.0 Å². The summed E-state index contributed by atoms with van der Waals surface area (Å²) in [5, 5.41) is 3.03. The Kier molecular flexibility index (Phi) is 2.45. The number of fused-ring (bicyclic) bond motifs is 1. The van der Waals surface area contributed by atoms with Crippen LogP contribution in [0.2, 0.25) is 0 Å². The Morgan fingerprint density at radius 2 is 2.06 bits per heavy atom. The van der Waals surface area contributed by atoms with E-state index in [1.165, 1.54) is 0 Å². The second-order valence-corrected chi connectivity index (χ2v) is 3.94. The molecule has 1 amide bonds. The Labute approximate surface area is 98.5 Å². The molecule has 0 aliphatic carbocycles. The molecule has 1 aliphatic rings. The molecule has 86 valence electrons. The van der Waals surface area contributed by atoms with Crippen LogP contribution in [0, 0.1) is 0 Å². The number of nitrogens with zero attached hydrogens (tertiary/aromatic N) is 3. The molecule has 1 saturated heterocycles. The number of anilines is 1. The molecule has 0 radical (unpaired) electrons. The van der Waals surface area contributed by atoms with Gasteiger partial charge in [0.05, 0.1) is 23.8 Å². The highest BCUT2D eigenvalue weighted by Gasteiger charge is 2.20. The normalized spacial score (nSPS) is 16.5. The zero-order valence-corrected chi connectivity index (χ0v) is 9.26. The third-order valence-corrected chi connectivity index (χ3v) is 2.80. The van der Waals surface area contributed by atoms with Crippen LogP contribution in [0.3, 0.4) is 0 Å². The number of hydrogen-bond acceptors (Lipinski definition) is 4. The summed E-state index contributed by atoms with van der Waals surface area (Å²) in [5.74, 6) is 0.677. The molecule has 1 N–H and O–H groups in total. The van der Waals surface area contributed by atoms with Gasteiger partial charge in [-0.05, 0) is 12.1 Å². The van der Waals surface area contributed by atoms with Gasteiger partial charge in [0.1, 0.15) is 0 Å². The van der Waals surface area contributed by atoms with Crippen molar-refractivity contribution in [1.82, 2.24) is 15.3 Å². The van der Waals surface area contributed by atoms with Crippen LogP contribution in [0.5, 0.6) is 0 Å². The Morgan fingerprint density at radius 1 is 1.24 bits per heavy atom. The Hall–Kier alpha value is -2.01. The molecule has 1 fully saturated rings. The van der Waals surface area contributed by atoms with Gasteiger partial charge in [0.25, 0.3) is 0 Å². The van der Waals surface area contributed by atoms with E-state index in [1.54, 1.807) is 11.1 Å². The van der Waals surface area contributed by atoms with Crippen molar-refractivity contribution >= 4 is 22.8 Å². The number of hydrogen-bond donors (Lipinski definition) is 1. The lowest BCUT2D eigenvalue weighted by Crippen LogP contribution is -2.48. The molecule has 3 rings (SSSR count). The molecule has 0 unspecified atom stereocenters. The van der Waals surface area contributed by atoms with Gasteiger partial charge in [-0.1, -0.05) is 12.1 Å². The summed E-state index contributed by atoms with van der Waals surface area (Å²) in [6, 6.07) is 7.65. The summed E-state index contributed by atoms with van der Waals surface area (Å²) < 4.78 is 0. The second-order valence-electron chi connectivity index (χ2n) is 3.94. The molecule has 5 heteroatoms. The van der Waals surface area contributed by atoms with Gasteiger partial charge in [-0.3, -0.25) is 14.7 Å². The van der Waals surface area contributed by atoms with Crippen molar-refractivity contribution in [2.24, 2.45) is 0 Å². The van der Waals surface area contributed by atoms with E-state index in [0.717, 1.165) is 17.6 Å². The SMILES string of the molecule is O=C1CNCCN1c1cnc2ccccc2n1. The van der Waals surface area contributed by atoms with E-state index in [-0.39, 0.29) is 5.91 Å². The van der Waals surface area contributed by atoms with Crippen molar-refractivity contribution in [3.63, 3.8) is 0 Å². The first kappa shape index (κ1) is 10.2. The van der Waals surface area contributed by atoms with Gasteiger partial charge >= 0.3 is 0 Å². The molecule has 0 atom stereocenters. The van der Waals surface area contributed by atoms with Gasteiger partial charge in [0, 0.05) is 13.1 Å². The van der Waals surface area contributed by atoms with Crippen molar-refractivity contribution < 1.29 is 4.79 Å². The highest BCUT2D eigenvalue weighted by Crippen LogP contribution is 2.15. The molecule has 1 aliphatic heterocycles. The number of nitrogens with one attached hydrogen (secondary N) is 1. The summed E-state index contributed by atoms with van der Waals surface area (Å²) in [7, 11) is 0. The lowest BCUT2D eigenvalue weighted by Gasteiger charge is -2.26. The van der Waals surface area contributed by atoms with Crippen LogP contribution in [-0.2, 0) is 4.79 Å². The molecule has 1 aromatic carbocycles. The summed E-state index contributed by atoms with van der Waals surface area (Å²) in [4.78, 5) is 22.2. The lowest BCUT2D eigenvalue weighted by molar-refractivity contribution is -0.118. The molecule has 17 heavy (non-hydrogen) atoms. The molecule has 2 heterocycles. The van der Waals surface area contributed by atoms with Crippen LogP contribution < -0.4 is 10.2 Å². The van der Waals surface area contributed by atoms with Crippen LogP contribution in [0.4, 0.5) is 5.82 Å². The van der Waals surface area contributed by atoms with Crippen molar-refractivity contribution in [2.75, 3.05) is 24.5 Å². The van der Waals surface area contributed by atoms with Crippen LogP contribution in [0.1, 0.15) is 0 Å². The van der Waals surface area contributed by atoms with Gasteiger partial charge in [-0.15, -0.1) is 0 Å². The number of rotatable bonds is 1. The minimum atomic E-state index is 0.0424. The molecule has 0 bridgehead atoms. The monoisotopic (exact) mass is 228 g/mol. The fourth-order valence-corrected chi connectivity index (χ4v) is 1.93. The first-order valence-corrected chi connectivity index (χ1v) is 5.57. The third-order valence-electron chi connectivity index (χ3n) is 2.80. The van der Waals surface area contributed by atoms with Crippen molar-refractivity contribution in [2.45, 2.75) is 0 Å². The van der Waals surface area contributed by atoms with Gasteiger partial charge < -0.3 is 5.32 Å². The molecule has 5 nitrogen and oxygen atoms in total. The lowest BCUT2D eigenvalue weighted by atomic mass is 10.3. The Balaban J connectivity index is 2.02. The quantitative estimate of drug-likeness (QED) is 0.775. The van der Waals surface area contributed by atoms with E-state index in [9.17, 15) is 4.79 Å². The molecule has 1 aromatic heterocycles. The minimum Gasteiger partial charge on any atom is -0.307 e. The van der Waals surface area contributed by atoms with E-state index < -0.39 is 0 Å². The standard InChI is InChI=1S/C12H12N4O/c17-12-8-13-5-6-16(12)11-7-14-9-3-1-2-4-10(9)15-11/h1-4,7,13H,5-6,8H2. The minimum absolute atomic E-state index is 0.0424. The maximum absolute atomic E-state index is 11.7. The molecular formula is C12H12N4O. The number of carbonyl (C=O) groups excluding carboxylic acids is 1. The van der Waals surface area contributed by atoms with Crippen molar-refractivity contribution in [1.29, 1.82) is 0 Å². The number of benzene rings is 1. The first-order valence-electron chi connectivity index (χ1n) is 5.57. The first-order chi connectivity index (χ1) is 8.34. The molecule has 2 aromatic rings. The van der Waals surface area contributed by atoms with E-state index in [1.807, 2.05) is 24.3 Å². The maximum atomic E-state index is 11.7. The highest BCUT2D eigenvalue weighted by atomic mass is 16.2. The predicted molar refractivity (Wildman–Crippen MR) is 64.8 cm³/mol. The average Bonchev–Trinajstić information content (AvgIpc) is 2.39. The molecule has 0 spiro atoms. The molecular weight excluding hydrogens is 216 g/mol. The number of carbonyl (C=O) groups is 1. The van der Waals surface area contributed by atoms with E-state index in [0.29, 0.717) is 18.9 Å². The third kappa shape index (κ3) is 1.85. The van der Waals surface area contributed by atoms with Crippen LogP contribution in [0.15, 0.2) is 30.5 Å². The van der Waals surface area contributed by atoms with Crippen LogP contribution >= 0.6 is 0 Å². The van der Waals surface area contributed by atoms with Crippen molar-refractivity contribution in [3.8, 4) is 0 Å². The fraction of sp³-hybridized carbons (Fsp3) is 0.250. The Bertz CT molecular complexity index is 569. The summed E-state index contributed by atoms with van der Waals surface area (Å²) in [5.41, 5.74) is 1.66. The van der Waals surface area contributed by atoms with Crippen molar-refractivity contribution in [3.05, 3.63) is 30.5 Å². The fourth-order valence-electron chi connectivity index (χ4n) is 1.93. The summed E-state index contributed by atoms with van der Waals surface area (Å²) in [6.07, 6.45) is 1.66. The van der Waals surface area contributed by atoms with E-state index in [2.05, 4.69) is 15.3 Å². The predicted octanol–water partition coefficient (Wildman–Crippen LogP) is 0.566. The van der Waals surface area contributed by atoms with E-state index in [4.69, 9.17) is 0 Å². The van der Waals surface area contributed by atoms with E-state index >= 15 is 0 Å². The van der Waals surface area contributed by atoms with Gasteiger partial charge in [0.2, 0.25) is 5.91 Å². The topological polar surface area (TPSA) is 58.1 Å². The van der Waals surface area contributed by atoms with Gasteiger partial charge in [-0.2, -0.15) is 0 Å². The number of amides is 1. The summed E-state index contributed by atoms with van der Waals surface area (Å²) in [6.45, 7) is 1.81. The molecule has 0 saturated carbocycles. The zero-order chi connectivity index (χ0) is 11.7. The second kappa shape index (κ2) is 4.10. The smallest absolute Gasteiger partial charge is 0.242 e. The van der Waals surface area contributed by atoms with Crippen LogP contribution in [-0.4, -0.2) is 35.5 Å². The maximum Gasteiger partial charge on any atom is 0.242 e. The van der Waals surface area contributed by atoms with Gasteiger partial charge in [0.15, 0.2) is 5.82 Å². The number of para-hydroxylation sites is 2. The largest absolute Gasteiger partial charge is 0.307 e.